The van der Waals surface area contributed by atoms with Gasteiger partial charge in [-0.15, -0.1) is 0 Å². The molecule has 7 heteroatoms. The monoisotopic (exact) mass is 314 g/mol. The van der Waals surface area contributed by atoms with Crippen LogP contribution >= 0.6 is 0 Å². The van der Waals surface area contributed by atoms with E-state index in [1.807, 2.05) is 13.1 Å². The zero-order chi connectivity index (χ0) is 16.4. The van der Waals surface area contributed by atoms with Gasteiger partial charge in [0.25, 0.3) is 5.91 Å². The van der Waals surface area contributed by atoms with E-state index in [1.54, 1.807) is 4.90 Å². The maximum absolute atomic E-state index is 12.5. The molecule has 3 rings (SSSR count). The molecule has 0 spiro atoms. The number of rotatable bonds is 3. The first-order valence-electron chi connectivity index (χ1n) is 7.53. The summed E-state index contributed by atoms with van der Waals surface area (Å²) in [5.74, 6) is -0.842. The van der Waals surface area contributed by atoms with Crippen LogP contribution in [-0.2, 0) is 0 Å². The number of aromatic amines is 1. The number of aromatic nitrogens is 3. The fraction of sp³-hybridized carbons (Fsp3) is 0.375. The number of nitrogens with one attached hydrogen (secondary N) is 1. The van der Waals surface area contributed by atoms with Crippen molar-refractivity contribution in [1.82, 2.24) is 20.1 Å². The molecule has 120 valence electrons. The number of carboxylic acid groups (broad SMARTS) is 1. The third-order valence-electron chi connectivity index (χ3n) is 4.32. The quantitative estimate of drug-likeness (QED) is 0.900. The molecular weight excluding hydrogens is 296 g/mol. The maximum atomic E-state index is 12.5. The van der Waals surface area contributed by atoms with E-state index in [1.165, 1.54) is 24.0 Å². The summed E-state index contributed by atoms with van der Waals surface area (Å²) in [4.78, 5) is 29.1. The number of carbonyl (C=O) groups is 2. The van der Waals surface area contributed by atoms with E-state index in [0.717, 1.165) is 18.5 Å². The molecular formula is C16H18N4O3. The zero-order valence-electron chi connectivity index (χ0n) is 12.8. The largest absolute Gasteiger partial charge is 0.478 e. The van der Waals surface area contributed by atoms with Crippen molar-refractivity contribution >= 4 is 11.9 Å². The van der Waals surface area contributed by atoms with E-state index in [4.69, 9.17) is 5.11 Å². The summed E-state index contributed by atoms with van der Waals surface area (Å²) >= 11 is 0. The molecule has 1 aliphatic heterocycles. The van der Waals surface area contributed by atoms with Gasteiger partial charge in [-0.25, -0.2) is 4.79 Å². The topological polar surface area (TPSA) is 99.2 Å². The van der Waals surface area contributed by atoms with Crippen LogP contribution in [-0.4, -0.2) is 50.2 Å². The first-order chi connectivity index (χ1) is 11.1. The molecule has 0 radical (unpaired) electrons. The molecule has 0 aromatic carbocycles. The summed E-state index contributed by atoms with van der Waals surface area (Å²) in [5, 5.41) is 16.0. The minimum Gasteiger partial charge on any atom is -0.478 e. The molecule has 23 heavy (non-hydrogen) atoms. The van der Waals surface area contributed by atoms with E-state index in [-0.39, 0.29) is 11.5 Å². The molecule has 1 aliphatic rings. The third kappa shape index (κ3) is 3.08. The van der Waals surface area contributed by atoms with Gasteiger partial charge in [0.1, 0.15) is 0 Å². The molecule has 0 unspecified atom stereocenters. The van der Waals surface area contributed by atoms with Gasteiger partial charge in [0.15, 0.2) is 0 Å². The molecule has 1 amide bonds. The number of amides is 1. The zero-order valence-corrected chi connectivity index (χ0v) is 12.8. The fourth-order valence-corrected chi connectivity index (χ4v) is 3.02. The van der Waals surface area contributed by atoms with Crippen molar-refractivity contribution in [2.45, 2.75) is 25.7 Å². The lowest BCUT2D eigenvalue weighted by molar-refractivity contribution is 0.0696. The Labute approximate surface area is 133 Å². The lowest BCUT2D eigenvalue weighted by Crippen LogP contribution is -2.38. The number of piperidine rings is 1. The van der Waals surface area contributed by atoms with Crippen molar-refractivity contribution in [3.8, 4) is 0 Å². The second-order valence-electron chi connectivity index (χ2n) is 5.78. The number of pyridine rings is 1. The van der Waals surface area contributed by atoms with Crippen LogP contribution in [0.5, 0.6) is 0 Å². The number of aromatic carboxylic acids is 1. The van der Waals surface area contributed by atoms with E-state index in [2.05, 4.69) is 15.2 Å². The molecule has 2 N–H and O–H groups in total. The van der Waals surface area contributed by atoms with Crippen molar-refractivity contribution in [1.29, 1.82) is 0 Å². The first-order valence-corrected chi connectivity index (χ1v) is 7.53. The molecule has 2 aromatic heterocycles. The van der Waals surface area contributed by atoms with Crippen LogP contribution in [0.25, 0.3) is 0 Å². The average Bonchev–Trinajstić information content (AvgIpc) is 3.00. The summed E-state index contributed by atoms with van der Waals surface area (Å²) in [6, 6.07) is 1.38. The number of H-pyrrole nitrogens is 1. The van der Waals surface area contributed by atoms with Crippen LogP contribution in [0.1, 0.15) is 50.7 Å². The molecule has 7 nitrogen and oxygen atoms in total. The first kappa shape index (κ1) is 15.2. The van der Waals surface area contributed by atoms with E-state index in [9.17, 15) is 9.59 Å². The molecule has 1 saturated heterocycles. The van der Waals surface area contributed by atoms with Gasteiger partial charge in [-0.2, -0.15) is 5.10 Å². The van der Waals surface area contributed by atoms with Crippen molar-refractivity contribution < 1.29 is 14.7 Å². The summed E-state index contributed by atoms with van der Waals surface area (Å²) < 4.78 is 0. The average molecular weight is 314 g/mol. The molecule has 0 bridgehead atoms. The number of nitrogens with zero attached hydrogens (tertiary/aromatic N) is 3. The number of aryl methyl sites for hydroxylation is 1. The van der Waals surface area contributed by atoms with Gasteiger partial charge in [0.2, 0.25) is 0 Å². The molecule has 2 aromatic rings. The van der Waals surface area contributed by atoms with Crippen LogP contribution in [0, 0.1) is 6.92 Å². The second kappa shape index (κ2) is 6.20. The number of hydrogen-bond donors (Lipinski definition) is 2. The number of carboxylic acids is 1. The summed E-state index contributed by atoms with van der Waals surface area (Å²) in [7, 11) is 0. The van der Waals surface area contributed by atoms with Crippen LogP contribution in [0.2, 0.25) is 0 Å². The lowest BCUT2D eigenvalue weighted by atomic mass is 9.89. The van der Waals surface area contributed by atoms with Crippen LogP contribution in [0.15, 0.2) is 24.7 Å². The highest BCUT2D eigenvalue weighted by Gasteiger charge is 2.26. The van der Waals surface area contributed by atoms with E-state index < -0.39 is 5.97 Å². The van der Waals surface area contributed by atoms with Gasteiger partial charge in [-0.3, -0.25) is 14.9 Å². The van der Waals surface area contributed by atoms with Crippen molar-refractivity contribution in [3.05, 3.63) is 47.0 Å². The highest BCUT2D eigenvalue weighted by Crippen LogP contribution is 2.29. The van der Waals surface area contributed by atoms with Gasteiger partial charge >= 0.3 is 5.97 Å². The Kier molecular flexibility index (Phi) is 4.10. The number of carbonyl (C=O) groups excluding carboxylic acids is 1. The van der Waals surface area contributed by atoms with Gasteiger partial charge in [-0.1, -0.05) is 0 Å². The predicted octanol–water partition coefficient (Wildman–Crippen LogP) is 1.83. The molecule has 0 atom stereocenters. The van der Waals surface area contributed by atoms with Gasteiger partial charge in [0, 0.05) is 31.2 Å². The SMILES string of the molecule is Cc1[nH]ncc1C1CCN(C(=O)c2cncc(C(=O)O)c2)CC1. The van der Waals surface area contributed by atoms with E-state index >= 15 is 0 Å². The maximum Gasteiger partial charge on any atom is 0.337 e. The highest BCUT2D eigenvalue weighted by molar-refractivity contribution is 5.97. The molecule has 3 heterocycles. The van der Waals surface area contributed by atoms with Gasteiger partial charge in [0.05, 0.1) is 17.3 Å². The minimum absolute atomic E-state index is 0.0276. The fourth-order valence-electron chi connectivity index (χ4n) is 3.02. The Hall–Kier alpha value is -2.70. The normalized spacial score (nSPS) is 15.6. The predicted molar refractivity (Wildman–Crippen MR) is 82.4 cm³/mol. The van der Waals surface area contributed by atoms with Crippen LogP contribution < -0.4 is 0 Å². The number of hydrogen-bond acceptors (Lipinski definition) is 4. The molecule has 0 aliphatic carbocycles. The number of likely N-dealkylation sites (tertiary alicyclic amines) is 1. The van der Waals surface area contributed by atoms with E-state index in [0.29, 0.717) is 24.6 Å². The molecule has 0 saturated carbocycles. The lowest BCUT2D eigenvalue weighted by Gasteiger charge is -2.32. The second-order valence-corrected chi connectivity index (χ2v) is 5.78. The smallest absolute Gasteiger partial charge is 0.337 e. The summed E-state index contributed by atoms with van der Waals surface area (Å²) in [6.45, 7) is 3.29. The van der Waals surface area contributed by atoms with Crippen molar-refractivity contribution in [3.63, 3.8) is 0 Å². The van der Waals surface area contributed by atoms with Gasteiger partial charge in [-0.05, 0) is 37.3 Å². The van der Waals surface area contributed by atoms with Crippen molar-refractivity contribution in [2.24, 2.45) is 0 Å². The Bertz CT molecular complexity index is 732. The summed E-state index contributed by atoms with van der Waals surface area (Å²) in [5.41, 5.74) is 2.64. The van der Waals surface area contributed by atoms with Crippen molar-refractivity contribution in [2.75, 3.05) is 13.1 Å². The third-order valence-corrected chi connectivity index (χ3v) is 4.32. The Morgan fingerprint density at radius 3 is 2.52 bits per heavy atom. The van der Waals surface area contributed by atoms with Crippen LogP contribution in [0.3, 0.4) is 0 Å². The summed E-state index contributed by atoms with van der Waals surface area (Å²) in [6.07, 6.45) is 6.27. The standard InChI is InChI=1S/C16H18N4O3/c1-10-14(9-18-19-10)11-2-4-20(5-3-11)15(21)12-6-13(16(22)23)8-17-7-12/h6-9,11H,2-5H2,1H3,(H,18,19)(H,22,23). The Morgan fingerprint density at radius 1 is 1.22 bits per heavy atom. The Balaban J connectivity index is 1.68. The Morgan fingerprint density at radius 2 is 1.91 bits per heavy atom. The minimum atomic E-state index is -1.08. The molecule has 1 fully saturated rings. The van der Waals surface area contributed by atoms with Gasteiger partial charge < -0.3 is 10.0 Å². The van der Waals surface area contributed by atoms with Crippen LogP contribution in [0.4, 0.5) is 0 Å². The highest BCUT2D eigenvalue weighted by atomic mass is 16.4.